The minimum absolute atomic E-state index is 0.182. The Labute approximate surface area is 102 Å². The van der Waals surface area contributed by atoms with E-state index in [0.29, 0.717) is 0 Å². The maximum Gasteiger partial charge on any atom is 0.271 e. The van der Waals surface area contributed by atoms with Gasteiger partial charge in [-0.1, -0.05) is 0 Å². The molecule has 0 saturated carbocycles. The number of carbonyl (C=O) groups excluding carboxylic acids is 1. The molecule has 1 rings (SSSR count). The molecule has 7 heteroatoms. The van der Waals surface area contributed by atoms with E-state index in [1.807, 2.05) is 0 Å². The predicted molar refractivity (Wildman–Crippen MR) is 56.8 cm³/mol. The van der Waals surface area contributed by atoms with Crippen LogP contribution in [0.25, 0.3) is 0 Å². The molecule has 0 atom stereocenters. The van der Waals surface area contributed by atoms with Gasteiger partial charge < -0.3 is 0 Å². The second-order valence-electron chi connectivity index (χ2n) is 2.44. The lowest BCUT2D eigenvalue weighted by Gasteiger charge is -2.04. The minimum atomic E-state index is -2.81. The second-order valence-corrected chi connectivity index (χ2v) is 3.95. The van der Waals surface area contributed by atoms with Gasteiger partial charge in [0.05, 0.1) is 5.56 Å². The zero-order valence-electron chi connectivity index (χ0n) is 6.97. The van der Waals surface area contributed by atoms with Crippen LogP contribution in [0.1, 0.15) is 28.2 Å². The number of nitriles is 1. The first kappa shape index (κ1) is 12.3. The molecule has 0 aliphatic heterocycles. The molecule has 1 heterocycles. The fraction of sp³-hybridized carbons (Fsp3) is 0.125. The Bertz CT molecular complexity index is 459. The average Bonchev–Trinajstić information content (AvgIpc) is 2.16. The van der Waals surface area contributed by atoms with E-state index < -0.39 is 22.9 Å². The van der Waals surface area contributed by atoms with Crippen molar-refractivity contribution in [2.24, 2.45) is 0 Å². The van der Waals surface area contributed by atoms with E-state index in [0.717, 1.165) is 6.07 Å². The number of alkyl halides is 2. The van der Waals surface area contributed by atoms with Gasteiger partial charge in [-0.05, 0) is 40.3 Å². The molecule has 0 N–H and O–H groups in total. The molecular weight excluding hydrogens is 340 g/mol. The first-order chi connectivity index (χ1) is 6.97. The van der Waals surface area contributed by atoms with Crippen molar-refractivity contribution in [2.45, 2.75) is 6.43 Å². The maximum atomic E-state index is 12.4. The van der Waals surface area contributed by atoms with Gasteiger partial charge in [0.15, 0.2) is 0 Å². The van der Waals surface area contributed by atoms with Crippen molar-refractivity contribution >= 4 is 39.4 Å². The van der Waals surface area contributed by atoms with Gasteiger partial charge in [-0.2, -0.15) is 5.26 Å². The summed E-state index contributed by atoms with van der Waals surface area (Å²) in [4.78, 5) is 14.3. The van der Waals surface area contributed by atoms with Crippen molar-refractivity contribution in [3.05, 3.63) is 26.6 Å². The Balaban J connectivity index is 3.44. The van der Waals surface area contributed by atoms with E-state index in [1.54, 1.807) is 22.6 Å². The molecule has 0 aliphatic carbocycles. The molecule has 0 unspecified atom stereocenters. The van der Waals surface area contributed by atoms with Crippen molar-refractivity contribution in [3.63, 3.8) is 0 Å². The quantitative estimate of drug-likeness (QED) is 0.613. The van der Waals surface area contributed by atoms with E-state index in [9.17, 15) is 13.6 Å². The number of pyridine rings is 1. The van der Waals surface area contributed by atoms with Crippen LogP contribution in [0, 0.1) is 14.9 Å². The molecule has 0 aromatic carbocycles. The van der Waals surface area contributed by atoms with Gasteiger partial charge in [0, 0.05) is 3.57 Å². The number of carbonyl (C=O) groups is 1. The van der Waals surface area contributed by atoms with E-state index >= 15 is 0 Å². The van der Waals surface area contributed by atoms with Gasteiger partial charge in [0.2, 0.25) is 0 Å². The number of hydrogen-bond acceptors (Lipinski definition) is 3. The van der Waals surface area contributed by atoms with Crippen molar-refractivity contribution in [2.75, 3.05) is 0 Å². The number of aromatic nitrogens is 1. The van der Waals surface area contributed by atoms with Crippen LogP contribution < -0.4 is 0 Å². The van der Waals surface area contributed by atoms with Gasteiger partial charge in [-0.25, -0.2) is 13.8 Å². The van der Waals surface area contributed by atoms with Crippen molar-refractivity contribution in [3.8, 4) is 6.07 Å². The Kier molecular flexibility index (Phi) is 3.93. The summed E-state index contributed by atoms with van der Waals surface area (Å²) in [6.45, 7) is 0. The molecule has 0 fully saturated rings. The van der Waals surface area contributed by atoms with Gasteiger partial charge in [0.25, 0.3) is 11.7 Å². The van der Waals surface area contributed by atoms with Crippen molar-refractivity contribution < 1.29 is 13.6 Å². The SMILES string of the molecule is N#Cc1nc(C(=O)Cl)c(I)cc1C(F)F. The maximum absolute atomic E-state index is 12.4. The summed E-state index contributed by atoms with van der Waals surface area (Å²) in [5, 5.41) is 7.68. The predicted octanol–water partition coefficient (Wildman–Crippen LogP) is 2.87. The van der Waals surface area contributed by atoms with Gasteiger partial charge >= 0.3 is 0 Å². The molecular formula is C8H2ClF2IN2O. The third-order valence-corrected chi connectivity index (χ3v) is 2.53. The highest BCUT2D eigenvalue weighted by Crippen LogP contribution is 2.25. The fourth-order valence-corrected chi connectivity index (χ4v) is 1.90. The molecule has 1 aromatic rings. The minimum Gasteiger partial charge on any atom is -0.274 e. The van der Waals surface area contributed by atoms with Gasteiger partial charge in [-0.3, -0.25) is 4.79 Å². The summed E-state index contributed by atoms with van der Waals surface area (Å²) >= 11 is 6.82. The van der Waals surface area contributed by atoms with Crippen LogP contribution in [0.15, 0.2) is 6.07 Å². The lowest BCUT2D eigenvalue weighted by molar-refractivity contribution is 0.107. The lowest BCUT2D eigenvalue weighted by Crippen LogP contribution is -2.04. The molecule has 0 amide bonds. The average molecular weight is 342 g/mol. The summed E-state index contributed by atoms with van der Waals surface area (Å²) in [5.41, 5.74) is -1.16. The molecule has 0 bridgehead atoms. The summed E-state index contributed by atoms with van der Waals surface area (Å²) in [5.74, 6) is 0. The van der Waals surface area contributed by atoms with Crippen LogP contribution in [-0.2, 0) is 0 Å². The van der Waals surface area contributed by atoms with Crippen molar-refractivity contribution in [1.82, 2.24) is 4.98 Å². The lowest BCUT2D eigenvalue weighted by atomic mass is 10.2. The van der Waals surface area contributed by atoms with Gasteiger partial charge in [0.1, 0.15) is 17.5 Å². The van der Waals surface area contributed by atoms with Crippen LogP contribution in [0.5, 0.6) is 0 Å². The fourth-order valence-electron chi connectivity index (χ4n) is 0.897. The zero-order valence-corrected chi connectivity index (χ0v) is 9.88. The third kappa shape index (κ3) is 2.60. The summed E-state index contributed by atoms with van der Waals surface area (Å²) in [6, 6.07) is 2.53. The summed E-state index contributed by atoms with van der Waals surface area (Å²) < 4.78 is 25.0. The third-order valence-electron chi connectivity index (χ3n) is 1.53. The van der Waals surface area contributed by atoms with E-state index in [2.05, 4.69) is 4.98 Å². The molecule has 15 heavy (non-hydrogen) atoms. The van der Waals surface area contributed by atoms with Crippen LogP contribution >= 0.6 is 34.2 Å². The monoisotopic (exact) mass is 342 g/mol. The Morgan fingerprint density at radius 2 is 2.27 bits per heavy atom. The zero-order chi connectivity index (χ0) is 11.6. The Morgan fingerprint density at radius 1 is 1.67 bits per heavy atom. The smallest absolute Gasteiger partial charge is 0.271 e. The molecule has 0 radical (unpaired) electrons. The topological polar surface area (TPSA) is 53.8 Å². The molecule has 0 saturated heterocycles. The normalized spacial score (nSPS) is 10.1. The number of halogens is 4. The molecule has 0 spiro atoms. The highest BCUT2D eigenvalue weighted by molar-refractivity contribution is 14.1. The first-order valence-electron chi connectivity index (χ1n) is 3.56. The van der Waals surface area contributed by atoms with Gasteiger partial charge in [-0.15, -0.1) is 0 Å². The van der Waals surface area contributed by atoms with Crippen LogP contribution in [0.2, 0.25) is 0 Å². The van der Waals surface area contributed by atoms with Crippen molar-refractivity contribution in [1.29, 1.82) is 5.26 Å². The van der Waals surface area contributed by atoms with Crippen LogP contribution in [-0.4, -0.2) is 10.2 Å². The Hall–Kier alpha value is -0.810. The summed E-state index contributed by atoms with van der Waals surface area (Å²) in [6.07, 6.45) is -2.81. The molecule has 1 aromatic heterocycles. The molecule has 78 valence electrons. The van der Waals surface area contributed by atoms with E-state index in [1.165, 1.54) is 6.07 Å². The number of rotatable bonds is 2. The Morgan fingerprint density at radius 3 is 2.67 bits per heavy atom. The van der Waals surface area contributed by atoms with E-state index in [-0.39, 0.29) is 9.26 Å². The highest BCUT2D eigenvalue weighted by Gasteiger charge is 2.19. The largest absolute Gasteiger partial charge is 0.274 e. The molecule has 3 nitrogen and oxygen atoms in total. The standard InChI is InChI=1S/C8H2ClF2IN2O/c9-7(15)6-4(12)1-3(8(10)11)5(2-13)14-6/h1,8H. The van der Waals surface area contributed by atoms with Crippen LogP contribution in [0.4, 0.5) is 8.78 Å². The molecule has 0 aliphatic rings. The first-order valence-corrected chi connectivity index (χ1v) is 5.01. The second kappa shape index (κ2) is 4.81. The van der Waals surface area contributed by atoms with Crippen LogP contribution in [0.3, 0.4) is 0 Å². The highest BCUT2D eigenvalue weighted by atomic mass is 127. The van der Waals surface area contributed by atoms with E-state index in [4.69, 9.17) is 16.9 Å². The summed E-state index contributed by atoms with van der Waals surface area (Å²) in [7, 11) is 0. The number of hydrogen-bond donors (Lipinski definition) is 0. The number of nitrogens with zero attached hydrogens (tertiary/aromatic N) is 2.